The first kappa shape index (κ1) is 20.1. The first-order valence-electron chi connectivity index (χ1n) is 8.71. The summed E-state index contributed by atoms with van der Waals surface area (Å²) in [4.78, 5) is 33.4. The number of aromatic nitrogens is 1. The van der Waals surface area contributed by atoms with Gasteiger partial charge in [-0.2, -0.15) is 0 Å². The maximum Gasteiger partial charge on any atom is 0.274 e. The van der Waals surface area contributed by atoms with Gasteiger partial charge in [-0.1, -0.05) is 13.8 Å². The standard InChI is InChI=1S/C17H26N4O2S.ClH/c1-10(2)7-13(18)15-19-14(9-24-15)17(23)21-8-12-5-4-6-20(12)16(22)11(21)3;/h9-13H,4-8,18H2,1-3H3;1H/t11-,12+,13-;/m0./s1. The Morgan fingerprint density at radius 1 is 1.48 bits per heavy atom. The number of fused-ring (bicyclic) bond motifs is 1. The van der Waals surface area contributed by atoms with Gasteiger partial charge in [0.2, 0.25) is 5.91 Å². The lowest BCUT2D eigenvalue weighted by atomic mass is 10.1. The van der Waals surface area contributed by atoms with Crippen molar-refractivity contribution in [1.29, 1.82) is 0 Å². The quantitative estimate of drug-likeness (QED) is 0.861. The third-order valence-electron chi connectivity index (χ3n) is 4.94. The number of piperazine rings is 1. The molecule has 2 saturated heterocycles. The summed E-state index contributed by atoms with van der Waals surface area (Å²) in [5.41, 5.74) is 6.59. The number of amides is 2. The van der Waals surface area contributed by atoms with Crippen LogP contribution >= 0.6 is 23.7 Å². The minimum Gasteiger partial charge on any atom is -0.336 e. The highest BCUT2D eigenvalue weighted by molar-refractivity contribution is 7.09. The van der Waals surface area contributed by atoms with Crippen LogP contribution in [0, 0.1) is 5.92 Å². The number of nitrogens with zero attached hydrogens (tertiary/aromatic N) is 3. The van der Waals surface area contributed by atoms with Crippen LogP contribution in [-0.4, -0.2) is 51.8 Å². The van der Waals surface area contributed by atoms with Crippen molar-refractivity contribution in [2.45, 2.75) is 58.2 Å². The molecular formula is C17H27ClN4O2S. The van der Waals surface area contributed by atoms with Crippen LogP contribution in [0.1, 0.15) is 61.6 Å². The second-order valence-corrected chi connectivity index (χ2v) is 8.16. The molecule has 25 heavy (non-hydrogen) atoms. The van der Waals surface area contributed by atoms with Gasteiger partial charge in [0.05, 0.1) is 6.04 Å². The van der Waals surface area contributed by atoms with Crippen LogP contribution in [0.4, 0.5) is 0 Å². The van der Waals surface area contributed by atoms with Gasteiger partial charge in [-0.25, -0.2) is 4.98 Å². The van der Waals surface area contributed by atoms with E-state index < -0.39 is 6.04 Å². The summed E-state index contributed by atoms with van der Waals surface area (Å²) in [5, 5.41) is 2.57. The number of carbonyl (C=O) groups is 2. The molecule has 3 rings (SSSR count). The van der Waals surface area contributed by atoms with Gasteiger partial charge in [-0.05, 0) is 32.1 Å². The molecule has 0 bridgehead atoms. The van der Waals surface area contributed by atoms with Gasteiger partial charge in [0.15, 0.2) is 0 Å². The van der Waals surface area contributed by atoms with E-state index in [1.807, 2.05) is 11.8 Å². The monoisotopic (exact) mass is 386 g/mol. The van der Waals surface area contributed by atoms with Crippen LogP contribution < -0.4 is 5.73 Å². The Morgan fingerprint density at radius 2 is 2.20 bits per heavy atom. The molecule has 0 aromatic carbocycles. The Labute approximate surface area is 159 Å². The van der Waals surface area contributed by atoms with Crippen LogP contribution in [0.25, 0.3) is 0 Å². The van der Waals surface area contributed by atoms with E-state index in [1.54, 1.807) is 10.3 Å². The van der Waals surface area contributed by atoms with E-state index in [9.17, 15) is 9.59 Å². The normalized spacial score (nSPS) is 24.3. The van der Waals surface area contributed by atoms with E-state index >= 15 is 0 Å². The smallest absolute Gasteiger partial charge is 0.274 e. The SMILES string of the molecule is CC(C)C[C@H](N)c1nc(C(=O)N2C[C@H]3CCCN3C(=O)[C@@H]2C)cs1.Cl. The van der Waals surface area contributed by atoms with Crippen molar-refractivity contribution in [3.05, 3.63) is 16.1 Å². The number of nitrogens with two attached hydrogens (primary N) is 1. The van der Waals surface area contributed by atoms with Crippen molar-refractivity contribution in [2.24, 2.45) is 11.7 Å². The maximum atomic E-state index is 12.9. The van der Waals surface area contributed by atoms with Crippen molar-refractivity contribution in [2.75, 3.05) is 13.1 Å². The largest absolute Gasteiger partial charge is 0.336 e. The minimum absolute atomic E-state index is 0. The molecule has 6 nitrogen and oxygen atoms in total. The lowest BCUT2D eigenvalue weighted by Crippen LogP contribution is -2.60. The molecule has 2 aliphatic rings. The fourth-order valence-electron chi connectivity index (χ4n) is 3.64. The van der Waals surface area contributed by atoms with Crippen molar-refractivity contribution in [1.82, 2.24) is 14.8 Å². The number of rotatable bonds is 4. The molecule has 8 heteroatoms. The van der Waals surface area contributed by atoms with Gasteiger partial charge >= 0.3 is 0 Å². The Kier molecular flexibility index (Phi) is 6.45. The van der Waals surface area contributed by atoms with E-state index in [2.05, 4.69) is 18.8 Å². The number of hydrogen-bond donors (Lipinski definition) is 1. The average molecular weight is 387 g/mol. The van der Waals surface area contributed by atoms with E-state index in [0.29, 0.717) is 18.2 Å². The van der Waals surface area contributed by atoms with Crippen molar-refractivity contribution < 1.29 is 9.59 Å². The fraction of sp³-hybridized carbons (Fsp3) is 0.706. The lowest BCUT2D eigenvalue weighted by molar-refractivity contribution is -0.141. The van der Waals surface area contributed by atoms with Gasteiger partial charge in [0, 0.05) is 24.5 Å². The highest BCUT2D eigenvalue weighted by Gasteiger charge is 2.42. The molecule has 2 aliphatic heterocycles. The van der Waals surface area contributed by atoms with Gasteiger partial charge in [0.25, 0.3) is 5.91 Å². The zero-order chi connectivity index (χ0) is 17.4. The number of halogens is 1. The summed E-state index contributed by atoms with van der Waals surface area (Å²) >= 11 is 1.43. The summed E-state index contributed by atoms with van der Waals surface area (Å²) in [6, 6.07) is -0.387. The van der Waals surface area contributed by atoms with Crippen molar-refractivity contribution in [3.8, 4) is 0 Å². The van der Waals surface area contributed by atoms with E-state index in [4.69, 9.17) is 5.73 Å². The molecule has 2 amide bonds. The van der Waals surface area contributed by atoms with E-state index in [0.717, 1.165) is 30.8 Å². The predicted octanol–water partition coefficient (Wildman–Crippen LogP) is 2.45. The van der Waals surface area contributed by atoms with Gasteiger partial charge < -0.3 is 15.5 Å². The van der Waals surface area contributed by atoms with Gasteiger partial charge in [0.1, 0.15) is 16.7 Å². The summed E-state index contributed by atoms with van der Waals surface area (Å²) in [5.74, 6) is 0.391. The Bertz CT molecular complexity index is 636. The zero-order valence-corrected chi connectivity index (χ0v) is 16.6. The summed E-state index contributed by atoms with van der Waals surface area (Å²) in [6.07, 6.45) is 2.84. The molecular weight excluding hydrogens is 360 g/mol. The Morgan fingerprint density at radius 3 is 2.88 bits per heavy atom. The minimum atomic E-state index is -0.415. The highest BCUT2D eigenvalue weighted by Crippen LogP contribution is 2.28. The van der Waals surface area contributed by atoms with Crippen LogP contribution in [-0.2, 0) is 4.79 Å². The van der Waals surface area contributed by atoms with Crippen LogP contribution in [0.5, 0.6) is 0 Å². The van der Waals surface area contributed by atoms with Gasteiger partial charge in [-0.3, -0.25) is 9.59 Å². The summed E-state index contributed by atoms with van der Waals surface area (Å²) in [7, 11) is 0. The molecule has 3 heterocycles. The third kappa shape index (κ3) is 3.99. The zero-order valence-electron chi connectivity index (χ0n) is 15.0. The Hall–Kier alpha value is -1.18. The second kappa shape index (κ2) is 8.01. The lowest BCUT2D eigenvalue weighted by Gasteiger charge is -2.41. The number of hydrogen-bond acceptors (Lipinski definition) is 5. The topological polar surface area (TPSA) is 79.5 Å². The maximum absolute atomic E-state index is 12.9. The molecule has 0 radical (unpaired) electrons. The van der Waals surface area contributed by atoms with Crippen LogP contribution in [0.3, 0.4) is 0 Å². The van der Waals surface area contributed by atoms with Crippen LogP contribution in [0.15, 0.2) is 5.38 Å². The second-order valence-electron chi connectivity index (χ2n) is 7.27. The fourth-order valence-corrected chi connectivity index (χ4v) is 4.45. The Balaban J connectivity index is 0.00000225. The molecule has 3 atom stereocenters. The van der Waals surface area contributed by atoms with E-state index in [1.165, 1.54) is 11.3 Å². The molecule has 2 fully saturated rings. The predicted molar refractivity (Wildman–Crippen MR) is 101 cm³/mol. The summed E-state index contributed by atoms with van der Waals surface area (Å²) in [6.45, 7) is 7.48. The molecule has 0 aliphatic carbocycles. The first-order chi connectivity index (χ1) is 11.4. The number of carbonyl (C=O) groups excluding carboxylic acids is 2. The van der Waals surface area contributed by atoms with Crippen molar-refractivity contribution in [3.63, 3.8) is 0 Å². The molecule has 1 aromatic rings. The van der Waals surface area contributed by atoms with E-state index in [-0.39, 0.29) is 36.3 Å². The third-order valence-corrected chi connectivity index (χ3v) is 5.91. The average Bonchev–Trinajstić information content (AvgIpc) is 3.18. The van der Waals surface area contributed by atoms with Crippen molar-refractivity contribution >= 4 is 35.6 Å². The molecule has 0 saturated carbocycles. The highest BCUT2D eigenvalue weighted by atomic mass is 35.5. The van der Waals surface area contributed by atoms with Crippen LogP contribution in [0.2, 0.25) is 0 Å². The molecule has 0 spiro atoms. The molecule has 140 valence electrons. The molecule has 2 N–H and O–H groups in total. The molecule has 1 aromatic heterocycles. The molecule has 0 unspecified atom stereocenters. The summed E-state index contributed by atoms with van der Waals surface area (Å²) < 4.78 is 0. The number of thiazole rings is 1. The first-order valence-corrected chi connectivity index (χ1v) is 9.59. The van der Waals surface area contributed by atoms with Gasteiger partial charge in [-0.15, -0.1) is 23.7 Å².